The van der Waals surface area contributed by atoms with Crippen molar-refractivity contribution in [2.75, 3.05) is 5.33 Å². The van der Waals surface area contributed by atoms with Crippen LogP contribution >= 0.6 is 15.9 Å². The second-order valence-corrected chi connectivity index (χ2v) is 4.14. The number of carbonyl (C=O) groups excluding carboxylic acids is 1. The largest absolute Gasteiger partial charge is 0.417 e. The quantitative estimate of drug-likeness (QED) is 0.368. The molecule has 1 aromatic rings. The molecule has 4 nitrogen and oxygen atoms in total. The van der Waals surface area contributed by atoms with E-state index in [2.05, 4.69) is 15.9 Å². The number of hydrogen-bond donors (Lipinski definition) is 0. The van der Waals surface area contributed by atoms with E-state index in [1.165, 1.54) is 0 Å². The minimum atomic E-state index is -4.80. The lowest BCUT2D eigenvalue weighted by atomic mass is 10.0. The van der Waals surface area contributed by atoms with Crippen molar-refractivity contribution in [1.82, 2.24) is 0 Å². The zero-order chi connectivity index (χ0) is 13.9. The van der Waals surface area contributed by atoms with E-state index in [0.717, 1.165) is 12.1 Å². The Kier molecular flexibility index (Phi) is 4.44. The van der Waals surface area contributed by atoms with Gasteiger partial charge in [-0.1, -0.05) is 15.9 Å². The fourth-order valence-corrected chi connectivity index (χ4v) is 1.70. The molecule has 0 saturated heterocycles. The van der Waals surface area contributed by atoms with Gasteiger partial charge in [0.1, 0.15) is 0 Å². The number of benzene rings is 1. The van der Waals surface area contributed by atoms with Gasteiger partial charge in [-0.25, -0.2) is 0 Å². The first-order chi connectivity index (χ1) is 8.27. The lowest BCUT2D eigenvalue weighted by Gasteiger charge is -2.11. The normalized spacial score (nSPS) is 11.3. The summed E-state index contributed by atoms with van der Waals surface area (Å²) in [6.45, 7) is 0. The summed E-state index contributed by atoms with van der Waals surface area (Å²) in [6.07, 6.45) is -4.91. The lowest BCUT2D eigenvalue weighted by molar-refractivity contribution is -0.385. The van der Waals surface area contributed by atoms with E-state index in [4.69, 9.17) is 0 Å². The van der Waals surface area contributed by atoms with Crippen LogP contribution < -0.4 is 0 Å². The smallest absolute Gasteiger partial charge is 0.294 e. The number of nitro groups is 1. The SMILES string of the molecule is O=C(CCBr)c1ccc([N+](=O)[O-])cc1C(F)(F)F. The Balaban J connectivity index is 3.34. The molecular formula is C10H7BrF3NO3. The number of Topliss-reactive ketones (excluding diaryl/α,β-unsaturated/α-hetero) is 1. The van der Waals surface area contributed by atoms with Crippen molar-refractivity contribution in [3.05, 3.63) is 39.4 Å². The van der Waals surface area contributed by atoms with E-state index in [1.54, 1.807) is 0 Å². The second kappa shape index (κ2) is 5.47. The first kappa shape index (κ1) is 14.6. The average Bonchev–Trinajstić information content (AvgIpc) is 2.27. The molecule has 0 atom stereocenters. The van der Waals surface area contributed by atoms with Crippen LogP contribution in [0.3, 0.4) is 0 Å². The predicted molar refractivity (Wildman–Crippen MR) is 60.8 cm³/mol. The maximum Gasteiger partial charge on any atom is 0.417 e. The summed E-state index contributed by atoms with van der Waals surface area (Å²) in [5.74, 6) is -0.714. The summed E-state index contributed by atoms with van der Waals surface area (Å²) in [4.78, 5) is 21.0. The molecule has 0 aliphatic carbocycles. The van der Waals surface area contributed by atoms with E-state index in [-0.39, 0.29) is 11.8 Å². The van der Waals surface area contributed by atoms with Crippen molar-refractivity contribution in [3.8, 4) is 0 Å². The van der Waals surface area contributed by atoms with E-state index >= 15 is 0 Å². The maximum absolute atomic E-state index is 12.7. The van der Waals surface area contributed by atoms with Gasteiger partial charge in [0.2, 0.25) is 0 Å². The Hall–Kier alpha value is -1.44. The van der Waals surface area contributed by atoms with Crippen LogP contribution in [0, 0.1) is 10.1 Å². The van der Waals surface area contributed by atoms with E-state index in [9.17, 15) is 28.1 Å². The molecular weight excluding hydrogens is 319 g/mol. The first-order valence-electron chi connectivity index (χ1n) is 4.72. The molecule has 1 aromatic carbocycles. The Labute approximate surface area is 108 Å². The van der Waals surface area contributed by atoms with Crippen LogP contribution in [-0.4, -0.2) is 16.0 Å². The van der Waals surface area contributed by atoms with Crippen LogP contribution in [0.15, 0.2) is 18.2 Å². The molecule has 0 amide bonds. The summed E-state index contributed by atoms with van der Waals surface area (Å²) in [5, 5.41) is 10.7. The van der Waals surface area contributed by atoms with Gasteiger partial charge in [-0.3, -0.25) is 14.9 Å². The van der Waals surface area contributed by atoms with Crippen LogP contribution in [0.4, 0.5) is 18.9 Å². The molecule has 0 bridgehead atoms. The summed E-state index contributed by atoms with van der Waals surface area (Å²) in [6, 6.07) is 2.10. The monoisotopic (exact) mass is 325 g/mol. The Morgan fingerprint density at radius 2 is 2.00 bits per heavy atom. The highest BCUT2D eigenvalue weighted by molar-refractivity contribution is 9.09. The average molecular weight is 326 g/mol. The van der Waals surface area contributed by atoms with Gasteiger partial charge >= 0.3 is 6.18 Å². The minimum absolute atomic E-state index is 0.110. The number of carbonyl (C=O) groups is 1. The fraction of sp³-hybridized carbons (Fsp3) is 0.300. The topological polar surface area (TPSA) is 60.2 Å². The number of nitrogens with zero attached hydrogens (tertiary/aromatic N) is 1. The summed E-state index contributed by atoms with van der Waals surface area (Å²) in [5.41, 5.74) is -2.52. The van der Waals surface area contributed by atoms with Gasteiger partial charge in [0.15, 0.2) is 5.78 Å². The van der Waals surface area contributed by atoms with E-state index < -0.39 is 33.7 Å². The van der Waals surface area contributed by atoms with Gasteiger partial charge in [0, 0.05) is 29.4 Å². The highest BCUT2D eigenvalue weighted by Crippen LogP contribution is 2.34. The second-order valence-electron chi connectivity index (χ2n) is 3.35. The van der Waals surface area contributed by atoms with Gasteiger partial charge in [0.25, 0.3) is 5.69 Å². The lowest BCUT2D eigenvalue weighted by Crippen LogP contribution is -2.14. The van der Waals surface area contributed by atoms with E-state index in [0.29, 0.717) is 6.07 Å². The van der Waals surface area contributed by atoms with Crippen molar-refractivity contribution < 1.29 is 22.9 Å². The number of rotatable bonds is 4. The first-order valence-corrected chi connectivity index (χ1v) is 5.84. The molecule has 0 radical (unpaired) electrons. The zero-order valence-electron chi connectivity index (χ0n) is 8.83. The number of hydrogen-bond acceptors (Lipinski definition) is 3. The highest BCUT2D eigenvalue weighted by atomic mass is 79.9. The number of alkyl halides is 4. The van der Waals surface area contributed by atoms with Crippen LogP contribution in [0.2, 0.25) is 0 Å². The van der Waals surface area contributed by atoms with Crippen LogP contribution in [-0.2, 0) is 6.18 Å². The van der Waals surface area contributed by atoms with Gasteiger partial charge < -0.3 is 0 Å². The predicted octanol–water partition coefficient (Wildman–Crippen LogP) is 3.58. The Morgan fingerprint density at radius 3 is 2.44 bits per heavy atom. The standard InChI is InChI=1S/C10H7BrF3NO3/c11-4-3-9(16)7-2-1-6(15(17)18)5-8(7)10(12,13)14/h1-2,5H,3-4H2. The Morgan fingerprint density at radius 1 is 1.39 bits per heavy atom. The summed E-state index contributed by atoms with van der Waals surface area (Å²) in [7, 11) is 0. The molecule has 98 valence electrons. The minimum Gasteiger partial charge on any atom is -0.294 e. The summed E-state index contributed by atoms with van der Waals surface area (Å²) < 4.78 is 38.1. The molecule has 0 N–H and O–H groups in total. The van der Waals surface area contributed by atoms with Crippen molar-refractivity contribution in [3.63, 3.8) is 0 Å². The van der Waals surface area contributed by atoms with Gasteiger partial charge in [0.05, 0.1) is 10.5 Å². The molecule has 0 aromatic heterocycles. The third kappa shape index (κ3) is 3.28. The van der Waals surface area contributed by atoms with Crippen molar-refractivity contribution in [1.29, 1.82) is 0 Å². The highest BCUT2D eigenvalue weighted by Gasteiger charge is 2.36. The van der Waals surface area contributed by atoms with Crippen LogP contribution in [0.5, 0.6) is 0 Å². The van der Waals surface area contributed by atoms with Crippen molar-refractivity contribution in [2.45, 2.75) is 12.6 Å². The third-order valence-electron chi connectivity index (χ3n) is 2.14. The molecule has 0 heterocycles. The number of ketones is 1. The molecule has 0 aliphatic rings. The number of nitro benzene ring substituents is 1. The Bertz CT molecular complexity index is 488. The van der Waals surface area contributed by atoms with Crippen molar-refractivity contribution in [2.24, 2.45) is 0 Å². The molecule has 0 unspecified atom stereocenters. The zero-order valence-corrected chi connectivity index (χ0v) is 10.4. The summed E-state index contributed by atoms with van der Waals surface area (Å²) >= 11 is 2.95. The maximum atomic E-state index is 12.7. The van der Waals surface area contributed by atoms with Crippen LogP contribution in [0.25, 0.3) is 0 Å². The molecule has 0 saturated carbocycles. The van der Waals surface area contributed by atoms with Gasteiger partial charge in [-0.2, -0.15) is 13.2 Å². The molecule has 0 spiro atoms. The van der Waals surface area contributed by atoms with Crippen LogP contribution in [0.1, 0.15) is 22.3 Å². The number of halogens is 4. The molecule has 8 heteroatoms. The van der Waals surface area contributed by atoms with Gasteiger partial charge in [-0.05, 0) is 6.07 Å². The number of non-ortho nitro benzene ring substituents is 1. The molecule has 1 rings (SSSR count). The molecule has 0 aliphatic heterocycles. The fourth-order valence-electron chi connectivity index (χ4n) is 1.34. The van der Waals surface area contributed by atoms with Crippen molar-refractivity contribution >= 4 is 27.4 Å². The third-order valence-corrected chi connectivity index (χ3v) is 2.54. The van der Waals surface area contributed by atoms with Gasteiger partial charge in [-0.15, -0.1) is 0 Å². The molecule has 0 fully saturated rings. The molecule has 18 heavy (non-hydrogen) atoms. The van der Waals surface area contributed by atoms with E-state index in [1.807, 2.05) is 0 Å².